The molecule has 2 aromatic heterocycles. The van der Waals surface area contributed by atoms with E-state index in [0.717, 1.165) is 16.6 Å². The molecule has 3 rings (SSSR count). The molecule has 0 fully saturated rings. The van der Waals surface area contributed by atoms with E-state index in [1.165, 1.54) is 6.20 Å². The predicted molar refractivity (Wildman–Crippen MR) is 75.8 cm³/mol. The van der Waals surface area contributed by atoms with Crippen molar-refractivity contribution in [3.63, 3.8) is 0 Å². The van der Waals surface area contributed by atoms with Gasteiger partial charge in [-0.2, -0.15) is 0 Å². The summed E-state index contributed by atoms with van der Waals surface area (Å²) in [5, 5.41) is 3.18. The molecule has 0 saturated heterocycles. The van der Waals surface area contributed by atoms with Crippen LogP contribution in [0.25, 0.3) is 11.0 Å². The lowest BCUT2D eigenvalue weighted by molar-refractivity contribution is 0.612. The highest BCUT2D eigenvalue weighted by Gasteiger charge is 2.04. The predicted octanol–water partition coefficient (Wildman–Crippen LogP) is 3.08. The van der Waals surface area contributed by atoms with Gasteiger partial charge in [-0.1, -0.05) is 6.07 Å². The molecular weight excluding hydrogens is 255 g/mol. The molecule has 0 saturated carbocycles. The number of hydrogen-bond donors (Lipinski definition) is 1. The van der Waals surface area contributed by atoms with Crippen molar-refractivity contribution in [1.29, 1.82) is 0 Å². The van der Waals surface area contributed by atoms with E-state index in [-0.39, 0.29) is 5.82 Å². The normalized spacial score (nSPS) is 10.7. The maximum absolute atomic E-state index is 13.4. The largest absolute Gasteiger partial charge is 0.379 e. The van der Waals surface area contributed by atoms with E-state index in [4.69, 9.17) is 0 Å². The second-order valence-electron chi connectivity index (χ2n) is 4.53. The van der Waals surface area contributed by atoms with Gasteiger partial charge < -0.3 is 5.32 Å². The van der Waals surface area contributed by atoms with E-state index < -0.39 is 0 Å². The molecule has 2 heterocycles. The summed E-state index contributed by atoms with van der Waals surface area (Å²) in [6.07, 6.45) is 6.17. The fourth-order valence-electron chi connectivity index (χ4n) is 1.99. The quantitative estimate of drug-likeness (QED) is 0.793. The van der Waals surface area contributed by atoms with Gasteiger partial charge in [-0.3, -0.25) is 15.0 Å². The van der Waals surface area contributed by atoms with Crippen molar-refractivity contribution in [2.45, 2.75) is 13.5 Å². The lowest BCUT2D eigenvalue weighted by Gasteiger charge is -2.09. The van der Waals surface area contributed by atoms with Gasteiger partial charge in [0.15, 0.2) is 0 Å². The Labute approximate surface area is 115 Å². The minimum atomic E-state index is -0.306. The Bertz CT molecular complexity index is 758. The van der Waals surface area contributed by atoms with Gasteiger partial charge in [-0.25, -0.2) is 4.39 Å². The maximum atomic E-state index is 13.4. The molecule has 0 aliphatic carbocycles. The van der Waals surface area contributed by atoms with Gasteiger partial charge in [0.1, 0.15) is 5.82 Å². The first-order chi connectivity index (χ1) is 9.74. The van der Waals surface area contributed by atoms with E-state index >= 15 is 0 Å². The number of hydrogen-bond acceptors (Lipinski definition) is 4. The number of anilines is 1. The van der Waals surface area contributed by atoms with Gasteiger partial charge in [-0.15, -0.1) is 0 Å². The molecule has 4 nitrogen and oxygen atoms in total. The molecule has 100 valence electrons. The van der Waals surface area contributed by atoms with Crippen LogP contribution in [0.3, 0.4) is 0 Å². The monoisotopic (exact) mass is 268 g/mol. The Hall–Kier alpha value is -2.56. The minimum Gasteiger partial charge on any atom is -0.379 e. The number of nitrogens with zero attached hydrogens (tertiary/aromatic N) is 3. The molecule has 0 unspecified atom stereocenters. The van der Waals surface area contributed by atoms with Crippen LogP contribution < -0.4 is 5.32 Å². The minimum absolute atomic E-state index is 0.306. The van der Waals surface area contributed by atoms with Crippen LogP contribution in [0, 0.1) is 12.7 Å². The highest BCUT2D eigenvalue weighted by Crippen LogP contribution is 2.17. The molecule has 1 aromatic carbocycles. The molecule has 20 heavy (non-hydrogen) atoms. The van der Waals surface area contributed by atoms with Crippen molar-refractivity contribution < 1.29 is 4.39 Å². The Morgan fingerprint density at radius 3 is 2.75 bits per heavy atom. The molecule has 1 N–H and O–H groups in total. The molecular formula is C15H13FN4. The van der Waals surface area contributed by atoms with Gasteiger partial charge in [0.25, 0.3) is 0 Å². The van der Waals surface area contributed by atoms with Crippen molar-refractivity contribution in [3.8, 4) is 0 Å². The van der Waals surface area contributed by atoms with Gasteiger partial charge in [-0.05, 0) is 24.6 Å². The third kappa shape index (κ3) is 2.42. The standard InChI is InChI=1S/C15H13FN4/c1-10-12(16)8-17-9-15(10)20-7-11-2-3-13-14(6-11)19-5-4-18-13/h2-6,8-9,20H,7H2,1H3. The van der Waals surface area contributed by atoms with E-state index in [1.54, 1.807) is 25.5 Å². The second-order valence-corrected chi connectivity index (χ2v) is 4.53. The first-order valence-electron chi connectivity index (χ1n) is 6.27. The molecule has 0 aliphatic rings. The van der Waals surface area contributed by atoms with Gasteiger partial charge in [0, 0.05) is 24.5 Å². The molecule has 0 radical (unpaired) electrons. The number of benzene rings is 1. The van der Waals surface area contributed by atoms with Crippen molar-refractivity contribution in [2.75, 3.05) is 5.32 Å². The lowest BCUT2D eigenvalue weighted by Crippen LogP contribution is -2.03. The van der Waals surface area contributed by atoms with Gasteiger partial charge in [0.05, 0.1) is 29.1 Å². The number of halogens is 1. The second kappa shape index (κ2) is 5.21. The van der Waals surface area contributed by atoms with Crippen molar-refractivity contribution in [2.24, 2.45) is 0 Å². The zero-order valence-electron chi connectivity index (χ0n) is 11.0. The molecule has 0 amide bonds. The summed E-state index contributed by atoms with van der Waals surface area (Å²) in [6.45, 7) is 2.31. The smallest absolute Gasteiger partial charge is 0.146 e. The molecule has 0 atom stereocenters. The third-order valence-electron chi connectivity index (χ3n) is 3.17. The van der Waals surface area contributed by atoms with Crippen molar-refractivity contribution >= 4 is 16.7 Å². The summed E-state index contributed by atoms with van der Waals surface area (Å²) in [5.41, 5.74) is 4.03. The fourth-order valence-corrected chi connectivity index (χ4v) is 1.99. The van der Waals surface area contributed by atoms with E-state index in [1.807, 2.05) is 18.2 Å². The highest BCUT2D eigenvalue weighted by atomic mass is 19.1. The zero-order chi connectivity index (χ0) is 13.9. The maximum Gasteiger partial charge on any atom is 0.146 e. The van der Waals surface area contributed by atoms with Crippen LogP contribution in [0.4, 0.5) is 10.1 Å². The first kappa shape index (κ1) is 12.5. The number of nitrogens with one attached hydrogen (secondary N) is 1. The molecule has 0 spiro atoms. The van der Waals surface area contributed by atoms with Crippen LogP contribution in [-0.2, 0) is 6.54 Å². The van der Waals surface area contributed by atoms with Crippen LogP contribution >= 0.6 is 0 Å². The Morgan fingerprint density at radius 2 is 1.90 bits per heavy atom. The van der Waals surface area contributed by atoms with E-state index in [9.17, 15) is 4.39 Å². The number of fused-ring (bicyclic) bond motifs is 1. The highest BCUT2D eigenvalue weighted by molar-refractivity contribution is 5.74. The summed E-state index contributed by atoms with van der Waals surface area (Å²) < 4.78 is 13.4. The van der Waals surface area contributed by atoms with E-state index in [2.05, 4.69) is 20.3 Å². The van der Waals surface area contributed by atoms with E-state index in [0.29, 0.717) is 17.8 Å². The summed E-state index contributed by atoms with van der Waals surface area (Å²) in [4.78, 5) is 12.3. The number of pyridine rings is 1. The third-order valence-corrected chi connectivity index (χ3v) is 3.17. The number of aromatic nitrogens is 3. The first-order valence-corrected chi connectivity index (χ1v) is 6.27. The fraction of sp³-hybridized carbons (Fsp3) is 0.133. The average Bonchev–Trinajstić information content (AvgIpc) is 2.48. The summed E-state index contributed by atoms with van der Waals surface area (Å²) in [6, 6.07) is 5.87. The van der Waals surface area contributed by atoms with Crippen LogP contribution in [0.1, 0.15) is 11.1 Å². The summed E-state index contributed by atoms with van der Waals surface area (Å²) in [5.74, 6) is -0.306. The van der Waals surface area contributed by atoms with Crippen molar-refractivity contribution in [1.82, 2.24) is 15.0 Å². The summed E-state index contributed by atoms with van der Waals surface area (Å²) >= 11 is 0. The van der Waals surface area contributed by atoms with Crippen LogP contribution in [0.2, 0.25) is 0 Å². The lowest BCUT2D eigenvalue weighted by atomic mass is 10.2. The molecule has 3 aromatic rings. The topological polar surface area (TPSA) is 50.7 Å². The number of rotatable bonds is 3. The van der Waals surface area contributed by atoms with Gasteiger partial charge >= 0.3 is 0 Å². The van der Waals surface area contributed by atoms with Crippen LogP contribution in [-0.4, -0.2) is 15.0 Å². The Kier molecular flexibility index (Phi) is 3.25. The average molecular weight is 268 g/mol. The molecule has 0 bridgehead atoms. The Balaban J connectivity index is 1.81. The molecule has 0 aliphatic heterocycles. The van der Waals surface area contributed by atoms with Crippen molar-refractivity contribution in [3.05, 3.63) is 59.9 Å². The SMILES string of the molecule is Cc1c(F)cncc1NCc1ccc2nccnc2c1. The van der Waals surface area contributed by atoms with Gasteiger partial charge in [0.2, 0.25) is 0 Å². The summed E-state index contributed by atoms with van der Waals surface area (Å²) in [7, 11) is 0. The zero-order valence-corrected chi connectivity index (χ0v) is 11.0. The van der Waals surface area contributed by atoms with Crippen LogP contribution in [0.15, 0.2) is 43.0 Å². The Morgan fingerprint density at radius 1 is 1.10 bits per heavy atom. The molecule has 5 heteroatoms. The van der Waals surface area contributed by atoms with Crippen LogP contribution in [0.5, 0.6) is 0 Å².